The number of carbonyl (C=O) groups excluding carboxylic acids is 1. The van der Waals surface area contributed by atoms with Crippen molar-refractivity contribution in [2.75, 3.05) is 13.7 Å². The monoisotopic (exact) mass is 341 g/mol. The normalized spacial score (nSPS) is 11.6. The first kappa shape index (κ1) is 18.8. The van der Waals surface area contributed by atoms with E-state index in [-0.39, 0.29) is 5.91 Å². The molecule has 0 radical (unpaired) electrons. The summed E-state index contributed by atoms with van der Waals surface area (Å²) in [5.74, 6) is 1.37. The second-order valence-electron chi connectivity index (χ2n) is 6.07. The van der Waals surface area contributed by atoms with E-state index in [0.29, 0.717) is 18.7 Å². The van der Waals surface area contributed by atoms with Gasteiger partial charge in [0.2, 0.25) is 0 Å². The Kier molecular flexibility index (Phi) is 7.33. The molecule has 2 aromatic rings. The number of benzene rings is 2. The topological polar surface area (TPSA) is 47.6 Å². The third kappa shape index (κ3) is 6.14. The highest BCUT2D eigenvalue weighted by Crippen LogP contribution is 2.19. The van der Waals surface area contributed by atoms with Crippen molar-refractivity contribution >= 4 is 5.91 Å². The van der Waals surface area contributed by atoms with E-state index >= 15 is 0 Å². The van der Waals surface area contributed by atoms with Crippen LogP contribution in [-0.4, -0.2) is 25.7 Å². The predicted octanol–water partition coefficient (Wildman–Crippen LogP) is 3.91. The van der Waals surface area contributed by atoms with E-state index in [4.69, 9.17) is 9.47 Å². The summed E-state index contributed by atoms with van der Waals surface area (Å²) in [5.41, 5.74) is 2.57. The molecule has 1 N–H and O–H groups in total. The Morgan fingerprint density at radius 3 is 2.48 bits per heavy atom. The van der Waals surface area contributed by atoms with Gasteiger partial charge in [0, 0.05) is 6.54 Å². The minimum Gasteiger partial charge on any atom is -0.497 e. The van der Waals surface area contributed by atoms with E-state index in [1.807, 2.05) is 31.2 Å². The second-order valence-corrected chi connectivity index (χ2v) is 6.07. The van der Waals surface area contributed by atoms with Crippen molar-refractivity contribution in [1.29, 1.82) is 0 Å². The fourth-order valence-corrected chi connectivity index (χ4v) is 2.63. The molecule has 1 atom stereocenters. The number of carbonyl (C=O) groups is 1. The van der Waals surface area contributed by atoms with Gasteiger partial charge in [0.1, 0.15) is 11.5 Å². The maximum atomic E-state index is 12.3. The van der Waals surface area contributed by atoms with Gasteiger partial charge >= 0.3 is 0 Å². The standard InChI is InChI=1S/C21H27NO3/c1-4-20(25-19-12-10-18(24-3)11-13-19)21(23)22-14-6-9-17-8-5-7-16(2)15-17/h5,7-8,10-13,15,20H,4,6,9,14H2,1-3H3,(H,22,23). The maximum Gasteiger partial charge on any atom is 0.261 e. The summed E-state index contributed by atoms with van der Waals surface area (Å²) in [6.07, 6.45) is 2.01. The lowest BCUT2D eigenvalue weighted by molar-refractivity contribution is -0.128. The van der Waals surface area contributed by atoms with Gasteiger partial charge in [-0.15, -0.1) is 0 Å². The van der Waals surface area contributed by atoms with Gasteiger partial charge in [0.05, 0.1) is 7.11 Å². The number of hydrogen-bond acceptors (Lipinski definition) is 3. The first-order chi connectivity index (χ1) is 12.1. The molecule has 0 aliphatic rings. The molecule has 0 aliphatic carbocycles. The average Bonchev–Trinajstić information content (AvgIpc) is 2.63. The van der Waals surface area contributed by atoms with Crippen molar-refractivity contribution in [3.63, 3.8) is 0 Å². The smallest absolute Gasteiger partial charge is 0.261 e. The predicted molar refractivity (Wildman–Crippen MR) is 100 cm³/mol. The van der Waals surface area contributed by atoms with Crippen LogP contribution in [0.15, 0.2) is 48.5 Å². The Morgan fingerprint density at radius 2 is 1.84 bits per heavy atom. The van der Waals surface area contributed by atoms with Crippen molar-refractivity contribution in [3.8, 4) is 11.5 Å². The zero-order chi connectivity index (χ0) is 18.1. The molecule has 0 bridgehead atoms. The first-order valence-electron chi connectivity index (χ1n) is 8.76. The van der Waals surface area contributed by atoms with Gasteiger partial charge < -0.3 is 14.8 Å². The fraction of sp³-hybridized carbons (Fsp3) is 0.381. The molecule has 0 aromatic heterocycles. The minimum absolute atomic E-state index is 0.0671. The second kappa shape index (κ2) is 9.72. The molecule has 1 amide bonds. The van der Waals surface area contributed by atoms with Crippen LogP contribution < -0.4 is 14.8 Å². The number of ether oxygens (including phenoxy) is 2. The van der Waals surface area contributed by atoms with E-state index in [1.165, 1.54) is 11.1 Å². The number of methoxy groups -OCH3 is 1. The molecule has 134 valence electrons. The number of hydrogen-bond donors (Lipinski definition) is 1. The van der Waals surface area contributed by atoms with Crippen LogP contribution in [0, 0.1) is 6.92 Å². The summed E-state index contributed by atoms with van der Waals surface area (Å²) in [6.45, 7) is 4.68. The molecule has 1 unspecified atom stereocenters. The summed E-state index contributed by atoms with van der Waals surface area (Å²) in [6, 6.07) is 15.7. The van der Waals surface area contributed by atoms with Crippen molar-refractivity contribution in [2.45, 2.75) is 39.2 Å². The highest BCUT2D eigenvalue weighted by Gasteiger charge is 2.17. The Labute approximate surface area is 150 Å². The Morgan fingerprint density at radius 1 is 1.12 bits per heavy atom. The van der Waals surface area contributed by atoms with Gasteiger partial charge in [-0.3, -0.25) is 4.79 Å². The van der Waals surface area contributed by atoms with Crippen molar-refractivity contribution in [2.24, 2.45) is 0 Å². The van der Waals surface area contributed by atoms with Crippen LogP contribution >= 0.6 is 0 Å². The molecule has 2 rings (SSSR count). The molecular weight excluding hydrogens is 314 g/mol. The summed E-state index contributed by atoms with van der Waals surface area (Å²) in [4.78, 5) is 12.3. The molecule has 0 heterocycles. The van der Waals surface area contributed by atoms with Crippen molar-refractivity contribution in [1.82, 2.24) is 5.32 Å². The van der Waals surface area contributed by atoms with Gasteiger partial charge in [-0.05, 0) is 56.0 Å². The van der Waals surface area contributed by atoms with E-state index in [0.717, 1.165) is 18.6 Å². The highest BCUT2D eigenvalue weighted by molar-refractivity contribution is 5.81. The van der Waals surface area contributed by atoms with Gasteiger partial charge in [0.25, 0.3) is 5.91 Å². The number of amides is 1. The molecule has 4 heteroatoms. The molecule has 4 nitrogen and oxygen atoms in total. The first-order valence-corrected chi connectivity index (χ1v) is 8.76. The molecule has 0 saturated heterocycles. The molecule has 0 spiro atoms. The minimum atomic E-state index is -0.479. The van der Waals surface area contributed by atoms with Crippen LogP contribution in [-0.2, 0) is 11.2 Å². The van der Waals surface area contributed by atoms with E-state index in [9.17, 15) is 4.79 Å². The third-order valence-corrected chi connectivity index (χ3v) is 4.02. The maximum absolute atomic E-state index is 12.3. The van der Waals surface area contributed by atoms with Crippen LogP contribution in [0.3, 0.4) is 0 Å². The summed E-state index contributed by atoms with van der Waals surface area (Å²) in [7, 11) is 1.62. The lowest BCUT2D eigenvalue weighted by Crippen LogP contribution is -2.38. The van der Waals surface area contributed by atoms with Crippen molar-refractivity contribution in [3.05, 3.63) is 59.7 Å². The SMILES string of the molecule is CCC(Oc1ccc(OC)cc1)C(=O)NCCCc1cccc(C)c1. The van der Waals surface area contributed by atoms with E-state index in [2.05, 4.69) is 36.5 Å². The van der Waals surface area contributed by atoms with Gasteiger partial charge in [-0.25, -0.2) is 0 Å². The molecule has 25 heavy (non-hydrogen) atoms. The van der Waals surface area contributed by atoms with Gasteiger partial charge in [-0.1, -0.05) is 36.8 Å². The summed E-state index contributed by atoms with van der Waals surface area (Å²) < 4.78 is 10.9. The lowest BCUT2D eigenvalue weighted by Gasteiger charge is -2.17. The van der Waals surface area contributed by atoms with Gasteiger partial charge in [0.15, 0.2) is 6.10 Å². The summed E-state index contributed by atoms with van der Waals surface area (Å²) in [5, 5.41) is 2.97. The quantitative estimate of drug-likeness (QED) is 0.704. The zero-order valence-electron chi connectivity index (χ0n) is 15.2. The highest BCUT2D eigenvalue weighted by atomic mass is 16.5. The number of nitrogens with one attached hydrogen (secondary N) is 1. The summed E-state index contributed by atoms with van der Waals surface area (Å²) >= 11 is 0. The van der Waals surface area contributed by atoms with Crippen LogP contribution in [0.25, 0.3) is 0 Å². The molecule has 0 aliphatic heterocycles. The molecular formula is C21H27NO3. The van der Waals surface area contributed by atoms with Crippen molar-refractivity contribution < 1.29 is 14.3 Å². The average molecular weight is 341 g/mol. The Hall–Kier alpha value is -2.49. The third-order valence-electron chi connectivity index (χ3n) is 4.02. The molecule has 0 fully saturated rings. The Balaban J connectivity index is 1.77. The molecule has 2 aromatic carbocycles. The van der Waals surface area contributed by atoms with Gasteiger partial charge in [-0.2, -0.15) is 0 Å². The van der Waals surface area contributed by atoms with Crippen LogP contribution in [0.4, 0.5) is 0 Å². The zero-order valence-corrected chi connectivity index (χ0v) is 15.2. The largest absolute Gasteiger partial charge is 0.497 e. The van der Waals surface area contributed by atoms with E-state index < -0.39 is 6.10 Å². The fourth-order valence-electron chi connectivity index (χ4n) is 2.63. The van der Waals surface area contributed by atoms with Crippen LogP contribution in [0.1, 0.15) is 30.9 Å². The Bertz CT molecular complexity index is 667. The number of aryl methyl sites for hydroxylation is 2. The number of rotatable bonds is 9. The van der Waals surface area contributed by atoms with Crippen LogP contribution in [0.5, 0.6) is 11.5 Å². The molecule has 0 saturated carbocycles. The lowest BCUT2D eigenvalue weighted by atomic mass is 10.1. The van der Waals surface area contributed by atoms with E-state index in [1.54, 1.807) is 7.11 Å². The van der Waals surface area contributed by atoms with Crippen LogP contribution in [0.2, 0.25) is 0 Å².